The van der Waals surface area contributed by atoms with Gasteiger partial charge in [0.2, 0.25) is 0 Å². The fourth-order valence-electron chi connectivity index (χ4n) is 25.9. The van der Waals surface area contributed by atoms with Crippen molar-refractivity contribution in [2.45, 2.75) is 436 Å². The van der Waals surface area contributed by atoms with Crippen molar-refractivity contribution >= 4 is 48.5 Å². The molecule has 0 bridgehead atoms. The van der Waals surface area contributed by atoms with E-state index in [1.54, 1.807) is 43.5 Å². The summed E-state index contributed by atoms with van der Waals surface area (Å²) in [4.78, 5) is 55.6. The topological polar surface area (TPSA) is 369 Å². The molecule has 4 saturated heterocycles. The Hall–Kier alpha value is -4.31. The van der Waals surface area contributed by atoms with E-state index in [9.17, 15) is 60.0 Å². The van der Waals surface area contributed by atoms with Gasteiger partial charge in [0.25, 0.3) is 0 Å². The second-order valence-corrected chi connectivity index (χ2v) is 64.5. The van der Waals surface area contributed by atoms with Gasteiger partial charge >= 0.3 is 11.9 Å². The number of carbonyl (C=O) groups is 4. The van der Waals surface area contributed by atoms with Crippen LogP contribution in [-0.4, -0.2) is 258 Å². The van der Waals surface area contributed by atoms with Crippen molar-refractivity contribution in [1.82, 2.24) is 0 Å². The van der Waals surface area contributed by atoms with E-state index >= 15 is 0 Å². The molecule has 12 aliphatic rings. The number of ketones is 2. The van der Waals surface area contributed by atoms with Crippen LogP contribution >= 0.6 is 0 Å². The van der Waals surface area contributed by atoms with E-state index in [0.29, 0.717) is 79.6 Å². The number of esters is 2. The number of methoxy groups -OCH3 is 2. The fraction of sp³-hybridized carbons (Fsp3) is 0.817. The second kappa shape index (κ2) is 42.7. The van der Waals surface area contributed by atoms with E-state index in [-0.39, 0.29) is 105 Å². The Kier molecular flexibility index (Phi) is 34.4. The lowest BCUT2D eigenvalue weighted by molar-refractivity contribution is -0.344. The first kappa shape index (κ1) is 112. The van der Waals surface area contributed by atoms with Gasteiger partial charge in [-0.25, -0.2) is 9.59 Å². The van der Waals surface area contributed by atoms with Crippen molar-refractivity contribution in [2.75, 3.05) is 40.6 Å². The second-order valence-electron chi connectivity index (χ2n) is 50.2. The van der Waals surface area contributed by atoms with Crippen LogP contribution in [0.5, 0.6) is 11.5 Å². The van der Waals surface area contributed by atoms with Crippen LogP contribution in [0.25, 0.3) is 0 Å². The number of benzene rings is 2. The van der Waals surface area contributed by atoms with Crippen LogP contribution in [0.3, 0.4) is 0 Å². The summed E-state index contributed by atoms with van der Waals surface area (Å²) in [6.45, 7) is 56.1. The first-order valence-corrected chi connectivity index (χ1v) is 61.2. The first-order chi connectivity index (χ1) is 64.6. The van der Waals surface area contributed by atoms with Crippen LogP contribution < -0.4 is 9.47 Å². The molecule has 27 nitrogen and oxygen atoms in total. The molecule has 0 amide bonds. The summed E-state index contributed by atoms with van der Waals surface area (Å²) in [5, 5.41) is 95.8. The summed E-state index contributed by atoms with van der Waals surface area (Å²) in [7, 11) is -3.31. The lowest BCUT2D eigenvalue weighted by atomic mass is 9.46. The maximum absolute atomic E-state index is 14.4. The zero-order valence-corrected chi connectivity index (χ0v) is 92.0. The van der Waals surface area contributed by atoms with Crippen molar-refractivity contribution in [3.8, 4) is 11.5 Å². The largest absolute Gasteiger partial charge is 0.497 e. The van der Waals surface area contributed by atoms with E-state index < -0.39 is 181 Å². The maximum atomic E-state index is 14.4. The number of aliphatic hydroxyl groups is 8. The van der Waals surface area contributed by atoms with Crippen LogP contribution in [0, 0.1) is 86.8 Å². The fourth-order valence-corrected chi connectivity index (χ4v) is 30.0. The summed E-state index contributed by atoms with van der Waals surface area (Å²) in [5.74, 6) is -0.532. The van der Waals surface area contributed by atoms with Crippen LogP contribution in [0.1, 0.15) is 275 Å². The number of carbonyl (C=O) groups excluding carboxylic acids is 4. The highest BCUT2D eigenvalue weighted by atomic mass is 28.4. The molecule has 8 aliphatic carbocycles. The number of rotatable bonds is 30. The third-order valence-electron chi connectivity index (χ3n) is 38.0. The lowest BCUT2D eigenvalue weighted by Gasteiger charge is -2.60. The molecule has 0 aromatic heterocycles. The number of hydrogen-bond acceptors (Lipinski definition) is 27. The molecule has 0 radical (unpaired) electrons. The van der Waals surface area contributed by atoms with Gasteiger partial charge in [0.1, 0.15) is 77.0 Å². The number of fused-ring (bicyclic) bond motifs is 10. The summed E-state index contributed by atoms with van der Waals surface area (Å²) in [6.07, 6.45) is -1.81. The molecule has 18 unspecified atom stereocenters. The maximum Gasteiger partial charge on any atom is 0.338 e. The first-order valence-electron chi connectivity index (χ1n) is 52.4. The normalized spacial score (nSPS) is 39.8. The summed E-state index contributed by atoms with van der Waals surface area (Å²) in [6, 6.07) is 12.6. The predicted molar refractivity (Wildman–Crippen MR) is 535 cm³/mol. The van der Waals surface area contributed by atoms with Gasteiger partial charge in [-0.2, -0.15) is 0 Å². The zero-order valence-electron chi connectivity index (χ0n) is 89.0. The third kappa shape index (κ3) is 22.1. The number of Topliss-reactive ketones (excluding diaryl/α,β-unsaturated/α-hetero) is 2. The molecular formula is C109H176O27Si3. The molecule has 2 aromatic rings. The van der Waals surface area contributed by atoms with Crippen LogP contribution in [-0.2, 0) is 70.2 Å². The zero-order chi connectivity index (χ0) is 102. The molecule has 4 aliphatic heterocycles. The van der Waals surface area contributed by atoms with E-state index in [1.165, 1.54) is 30.4 Å². The molecular weight excluding hydrogens is 1830 g/mol. The minimum absolute atomic E-state index is 0.00880. The summed E-state index contributed by atoms with van der Waals surface area (Å²) >= 11 is 0. The van der Waals surface area contributed by atoms with Gasteiger partial charge in [0.05, 0.1) is 76.2 Å². The van der Waals surface area contributed by atoms with Crippen molar-refractivity contribution < 1.29 is 130 Å². The van der Waals surface area contributed by atoms with E-state index in [2.05, 4.69) is 169 Å². The Labute approximate surface area is 832 Å². The SMILES string of the molecule is COc1ccc(C(=O)OC2C(OC3C(O)COC(O[C@H]4C[C@H]5[C@@H]6CC=C7C[C@@H](O[Si](C)(C)C(C)(C)C)CC[C@]7(C)C6CC[C@]5(C)[C@@]4(O)[C@H](C)C(=O)CCC(C)C)C3C)OCC(O[Si](C)(C)C(C)(C)C)C2O)cc1.COc1ccc(C(=O)OC2C(OC3C(O)COC(O[C@H]4C[C@H]5[C@@H]6CC=C7C[C@@H](O[Si](C)(C)C(C)(C)C)CC[C@]7(C)C6CC[C@]5(C)[C@@]4(O)[C@H](C)C(=O)CCC(C)C)C3O)OCC(O)C2O)cc1. The smallest absolute Gasteiger partial charge is 0.338 e. The average Bonchev–Trinajstić information content (AvgIpc) is 1.54. The molecule has 786 valence electrons. The molecule has 139 heavy (non-hydrogen) atoms. The highest BCUT2D eigenvalue weighted by Gasteiger charge is 2.73. The molecule has 8 N–H and O–H groups in total. The van der Waals surface area contributed by atoms with E-state index in [1.807, 2.05) is 20.8 Å². The lowest BCUT2D eigenvalue weighted by Crippen LogP contribution is -2.63. The van der Waals surface area contributed by atoms with Crippen molar-refractivity contribution in [1.29, 1.82) is 0 Å². The third-order valence-corrected chi connectivity index (χ3v) is 51.6. The van der Waals surface area contributed by atoms with Gasteiger partial charge in [0, 0.05) is 53.6 Å². The van der Waals surface area contributed by atoms with Gasteiger partial charge in [-0.05, 0) is 264 Å². The minimum Gasteiger partial charge on any atom is -0.497 e. The van der Waals surface area contributed by atoms with Crippen molar-refractivity contribution in [2.24, 2.45) is 86.8 Å². The average molecular weight is 2000 g/mol. The Morgan fingerprint density at radius 1 is 0.439 bits per heavy atom. The van der Waals surface area contributed by atoms with Gasteiger partial charge < -0.3 is 111 Å². The predicted octanol–water partition coefficient (Wildman–Crippen LogP) is 17.3. The van der Waals surface area contributed by atoms with Crippen LogP contribution in [0.2, 0.25) is 54.4 Å². The van der Waals surface area contributed by atoms with E-state index in [4.69, 9.17) is 70.1 Å². The number of hydrogen-bond donors (Lipinski definition) is 8. The molecule has 34 atom stereocenters. The Balaban J connectivity index is 0.000000235. The van der Waals surface area contributed by atoms with Crippen molar-refractivity contribution in [3.63, 3.8) is 0 Å². The molecule has 30 heteroatoms. The van der Waals surface area contributed by atoms with Crippen LogP contribution in [0.15, 0.2) is 71.8 Å². The monoisotopic (exact) mass is 2000 g/mol. The highest BCUT2D eigenvalue weighted by Crippen LogP contribution is 2.72. The molecule has 4 heterocycles. The molecule has 6 saturated carbocycles. The molecule has 2 aromatic carbocycles. The minimum atomic E-state index is -2.44. The Morgan fingerprint density at radius 2 is 0.806 bits per heavy atom. The molecule has 14 rings (SSSR count). The Bertz CT molecular complexity index is 4580. The summed E-state index contributed by atoms with van der Waals surface area (Å²) < 4.78 is 94.1. The van der Waals surface area contributed by atoms with Gasteiger partial charge in [-0.3, -0.25) is 9.59 Å². The van der Waals surface area contributed by atoms with Gasteiger partial charge in [0.15, 0.2) is 62.3 Å². The number of aliphatic hydroxyl groups excluding tert-OH is 6. The van der Waals surface area contributed by atoms with Crippen LogP contribution in [0.4, 0.5) is 0 Å². The van der Waals surface area contributed by atoms with Gasteiger partial charge in [-0.15, -0.1) is 0 Å². The highest BCUT2D eigenvalue weighted by molar-refractivity contribution is 6.75. The summed E-state index contributed by atoms with van der Waals surface area (Å²) in [5.41, 5.74) is -1.05. The number of allylic oxidation sites excluding steroid dienone is 2. The standard InChI is InChI=1S/C58H96O13Si2.C51H80O14Si/c1-34(2)18-25-44(59)36(4)58(63)47(31-43-41-24-21-38-30-40(70-72(14,15)54(5,6)7)26-28-56(38,11)42(41)27-29-57(43,58)12)67-52-35(3)49(45(60)32-65-52)69-53-50(68-51(62)37-19-22-39(64-13)23-20-37)48(61)46(33-66-53)71-73(16,17)55(8,9)10;1-28(2)12-19-37(52)29(3)51(58)40(25-36-34-18-15-31-24-33(65-66(10,11)48(4,5)6)20-22-49(31,7)35(34)21-23-50(36,51)8)62-46-42(56)43(39(54)27-60-46)64-47-44(41(55)38(53)26-61-47)63-45(57)30-13-16-32(59-9)17-14-30/h19-23,34-36,40-43,45-50,52-53,60-61,63H,18,24-33H2,1-17H3;13-17,28-29,33-36,38-44,46-47,53-56,58H,12,18-27H2,1-11H3/t35?,36-,40+,41-,42?,43+,45?,46?,47+,48?,49?,50?,52?,53?,56+,57+,58-;29-,33+,34-,35?,36+,38?,39?,40+,41?,42?,43?,44?,46?,47?,49+,50+,51-/m11/s1. The number of ether oxygens (including phenoxy) is 12. The van der Waals surface area contributed by atoms with Crippen molar-refractivity contribution in [3.05, 3.63) is 83.0 Å². The molecule has 10 fully saturated rings. The molecule has 0 spiro atoms. The quantitative estimate of drug-likeness (QED) is 0.0205. The Morgan fingerprint density at radius 3 is 1.22 bits per heavy atom. The van der Waals surface area contributed by atoms with E-state index in [0.717, 1.165) is 77.0 Å². The van der Waals surface area contributed by atoms with Gasteiger partial charge in [-0.1, -0.05) is 162 Å².